The van der Waals surface area contributed by atoms with Gasteiger partial charge in [0, 0.05) is 12.6 Å². The van der Waals surface area contributed by atoms with Crippen LogP contribution in [0.15, 0.2) is 60.7 Å². The molecule has 0 bridgehead atoms. The van der Waals surface area contributed by atoms with Crippen LogP contribution < -0.4 is 5.32 Å². The summed E-state index contributed by atoms with van der Waals surface area (Å²) in [5.74, 6) is -0.00725. The summed E-state index contributed by atoms with van der Waals surface area (Å²) in [6.07, 6.45) is 1.89. The average molecular weight is 278 g/mol. The van der Waals surface area contributed by atoms with E-state index in [0.717, 1.165) is 24.9 Å². The molecule has 108 valence electrons. The number of hydrogen-bond acceptors (Lipinski definition) is 2. The first kappa shape index (κ1) is 15.3. The third kappa shape index (κ3) is 5.06. The highest BCUT2D eigenvalue weighted by atomic mass is 14.9. The molecule has 2 aromatic carbocycles. The second-order valence-corrected chi connectivity index (χ2v) is 5.44. The highest BCUT2D eigenvalue weighted by Gasteiger charge is 2.12. The van der Waals surface area contributed by atoms with Gasteiger partial charge in [-0.05, 0) is 30.9 Å². The minimum Gasteiger partial charge on any atom is -0.310 e. The van der Waals surface area contributed by atoms with Crippen LogP contribution in [0.5, 0.6) is 0 Å². The van der Waals surface area contributed by atoms with Crippen molar-refractivity contribution >= 4 is 0 Å². The lowest BCUT2D eigenvalue weighted by molar-refractivity contribution is 0.488. The van der Waals surface area contributed by atoms with E-state index in [-0.39, 0.29) is 5.92 Å². The van der Waals surface area contributed by atoms with Crippen molar-refractivity contribution in [2.45, 2.75) is 38.3 Å². The maximum absolute atomic E-state index is 9.33. The summed E-state index contributed by atoms with van der Waals surface area (Å²) in [7, 11) is 0. The van der Waals surface area contributed by atoms with Gasteiger partial charge in [0.25, 0.3) is 0 Å². The van der Waals surface area contributed by atoms with E-state index in [4.69, 9.17) is 0 Å². The normalized spacial score (nSPS) is 13.3. The van der Waals surface area contributed by atoms with Gasteiger partial charge < -0.3 is 5.32 Å². The quantitative estimate of drug-likeness (QED) is 0.821. The Labute approximate surface area is 127 Å². The number of hydrogen-bond donors (Lipinski definition) is 1. The molecule has 2 rings (SSSR count). The summed E-state index contributed by atoms with van der Waals surface area (Å²) in [6, 6.07) is 23.3. The van der Waals surface area contributed by atoms with Crippen LogP contribution in [0.1, 0.15) is 36.8 Å². The molecule has 0 spiro atoms. The zero-order valence-electron chi connectivity index (χ0n) is 12.5. The summed E-state index contributed by atoms with van der Waals surface area (Å²) in [5.41, 5.74) is 2.42. The lowest BCUT2D eigenvalue weighted by atomic mass is 9.94. The molecule has 1 N–H and O–H groups in total. The molecule has 0 aliphatic rings. The highest BCUT2D eigenvalue weighted by molar-refractivity contribution is 5.24. The summed E-state index contributed by atoms with van der Waals surface area (Å²) < 4.78 is 0. The molecule has 0 radical (unpaired) electrons. The minimum absolute atomic E-state index is 0.00725. The molecule has 0 heterocycles. The molecule has 0 saturated heterocycles. The van der Waals surface area contributed by atoms with E-state index in [1.807, 2.05) is 36.4 Å². The smallest absolute Gasteiger partial charge is 0.0713 e. The summed E-state index contributed by atoms with van der Waals surface area (Å²) in [6.45, 7) is 3.06. The number of benzene rings is 2. The molecule has 0 aromatic heterocycles. The van der Waals surface area contributed by atoms with Crippen molar-refractivity contribution in [2.24, 2.45) is 0 Å². The van der Waals surface area contributed by atoms with E-state index < -0.39 is 0 Å². The van der Waals surface area contributed by atoms with Crippen molar-refractivity contribution in [3.05, 3.63) is 71.8 Å². The van der Waals surface area contributed by atoms with Gasteiger partial charge in [-0.3, -0.25) is 0 Å². The first-order valence-corrected chi connectivity index (χ1v) is 7.51. The lowest BCUT2D eigenvalue weighted by Gasteiger charge is -2.16. The van der Waals surface area contributed by atoms with Gasteiger partial charge in [-0.1, -0.05) is 60.7 Å². The maximum atomic E-state index is 9.33. The number of rotatable bonds is 7. The van der Waals surface area contributed by atoms with Crippen molar-refractivity contribution in [1.29, 1.82) is 5.26 Å². The molecule has 0 aliphatic heterocycles. The molecule has 2 nitrogen and oxygen atoms in total. The fourth-order valence-corrected chi connectivity index (χ4v) is 2.40. The van der Waals surface area contributed by atoms with Gasteiger partial charge in [-0.25, -0.2) is 0 Å². The number of nitriles is 1. The Morgan fingerprint density at radius 2 is 1.57 bits per heavy atom. The second kappa shape index (κ2) is 8.24. The average Bonchev–Trinajstić information content (AvgIpc) is 2.55. The van der Waals surface area contributed by atoms with Crippen LogP contribution in [0.4, 0.5) is 0 Å². The summed E-state index contributed by atoms with van der Waals surface area (Å²) in [5, 5.41) is 12.9. The van der Waals surface area contributed by atoms with Crippen molar-refractivity contribution in [3.63, 3.8) is 0 Å². The molecule has 0 amide bonds. The SMILES string of the molecule is CC(CCC(C#N)c1ccccc1)NCc1ccccc1. The van der Waals surface area contributed by atoms with Crippen molar-refractivity contribution in [3.8, 4) is 6.07 Å². The second-order valence-electron chi connectivity index (χ2n) is 5.44. The van der Waals surface area contributed by atoms with Crippen LogP contribution >= 0.6 is 0 Å². The predicted molar refractivity (Wildman–Crippen MR) is 86.8 cm³/mol. The molecule has 0 saturated carbocycles. The standard InChI is InChI=1S/C19H22N2/c1-16(21-15-17-8-4-2-5-9-17)12-13-19(14-20)18-10-6-3-7-11-18/h2-11,16,19,21H,12-13,15H2,1H3. The Kier molecular flexibility index (Phi) is 5.99. The van der Waals surface area contributed by atoms with E-state index in [1.54, 1.807) is 0 Å². The van der Waals surface area contributed by atoms with Gasteiger partial charge in [0.05, 0.1) is 12.0 Å². The fraction of sp³-hybridized carbons (Fsp3) is 0.316. The molecular formula is C19H22N2. The fourth-order valence-electron chi connectivity index (χ4n) is 2.40. The molecule has 0 fully saturated rings. The van der Waals surface area contributed by atoms with Crippen LogP contribution in [-0.4, -0.2) is 6.04 Å². The highest BCUT2D eigenvalue weighted by Crippen LogP contribution is 2.21. The third-order valence-electron chi connectivity index (χ3n) is 3.74. The van der Waals surface area contributed by atoms with Crippen LogP contribution in [-0.2, 0) is 6.54 Å². The first-order chi connectivity index (χ1) is 10.3. The summed E-state index contributed by atoms with van der Waals surface area (Å²) >= 11 is 0. The molecule has 0 aliphatic carbocycles. The Bertz CT molecular complexity index is 557. The molecule has 2 unspecified atom stereocenters. The van der Waals surface area contributed by atoms with Crippen LogP contribution in [0.3, 0.4) is 0 Å². The van der Waals surface area contributed by atoms with E-state index in [0.29, 0.717) is 6.04 Å². The first-order valence-electron chi connectivity index (χ1n) is 7.51. The number of nitrogens with one attached hydrogen (secondary N) is 1. The van der Waals surface area contributed by atoms with Gasteiger partial charge >= 0.3 is 0 Å². The van der Waals surface area contributed by atoms with E-state index >= 15 is 0 Å². The molecule has 2 aromatic rings. The lowest BCUT2D eigenvalue weighted by Crippen LogP contribution is -2.25. The van der Waals surface area contributed by atoms with Crippen LogP contribution in [0.2, 0.25) is 0 Å². The van der Waals surface area contributed by atoms with Gasteiger partial charge in [0.2, 0.25) is 0 Å². The Hall–Kier alpha value is -2.11. The molecule has 2 heteroatoms. The largest absolute Gasteiger partial charge is 0.310 e. The molecule has 2 atom stereocenters. The topological polar surface area (TPSA) is 35.8 Å². The predicted octanol–water partition coefficient (Wildman–Crippen LogP) is 4.25. The minimum atomic E-state index is -0.00725. The maximum Gasteiger partial charge on any atom is 0.0713 e. The van der Waals surface area contributed by atoms with Crippen molar-refractivity contribution in [2.75, 3.05) is 0 Å². The zero-order valence-corrected chi connectivity index (χ0v) is 12.5. The zero-order chi connectivity index (χ0) is 14.9. The summed E-state index contributed by atoms with van der Waals surface area (Å²) in [4.78, 5) is 0. The monoisotopic (exact) mass is 278 g/mol. The van der Waals surface area contributed by atoms with Crippen LogP contribution in [0.25, 0.3) is 0 Å². The molecular weight excluding hydrogens is 256 g/mol. The third-order valence-corrected chi connectivity index (χ3v) is 3.74. The van der Waals surface area contributed by atoms with Crippen LogP contribution in [0, 0.1) is 11.3 Å². The number of nitrogens with zero attached hydrogens (tertiary/aromatic N) is 1. The Morgan fingerprint density at radius 3 is 2.19 bits per heavy atom. The van der Waals surface area contributed by atoms with Gasteiger partial charge in [0.1, 0.15) is 0 Å². The molecule has 21 heavy (non-hydrogen) atoms. The van der Waals surface area contributed by atoms with Crippen molar-refractivity contribution in [1.82, 2.24) is 5.32 Å². The van der Waals surface area contributed by atoms with Gasteiger partial charge in [-0.2, -0.15) is 5.26 Å². The van der Waals surface area contributed by atoms with Gasteiger partial charge in [-0.15, -0.1) is 0 Å². The van der Waals surface area contributed by atoms with E-state index in [9.17, 15) is 5.26 Å². The Morgan fingerprint density at radius 1 is 0.952 bits per heavy atom. The van der Waals surface area contributed by atoms with E-state index in [2.05, 4.69) is 42.6 Å². The Balaban J connectivity index is 1.78. The van der Waals surface area contributed by atoms with Crippen molar-refractivity contribution < 1.29 is 0 Å². The van der Waals surface area contributed by atoms with E-state index in [1.165, 1.54) is 5.56 Å². The van der Waals surface area contributed by atoms with Gasteiger partial charge in [0.15, 0.2) is 0 Å².